The molecule has 1 aromatic rings. The number of hydrogen-bond acceptors (Lipinski definition) is 2. The van der Waals surface area contributed by atoms with E-state index in [4.69, 9.17) is 5.11 Å². The molecule has 2 N–H and O–H groups in total. The fourth-order valence-corrected chi connectivity index (χ4v) is 2.03. The lowest BCUT2D eigenvalue weighted by atomic mass is 9.85. The molecule has 1 amide bonds. The van der Waals surface area contributed by atoms with Crippen molar-refractivity contribution < 1.29 is 14.3 Å². The minimum absolute atomic E-state index is 0.0392. The lowest BCUT2D eigenvalue weighted by molar-refractivity contribution is -0.122. The zero-order valence-electron chi connectivity index (χ0n) is 12.4. The van der Waals surface area contributed by atoms with Gasteiger partial charge in [-0.15, -0.1) is 0 Å². The fourth-order valence-electron chi connectivity index (χ4n) is 2.03. The highest BCUT2D eigenvalue weighted by molar-refractivity contribution is 5.76. The number of halogens is 1. The van der Waals surface area contributed by atoms with Gasteiger partial charge in [0, 0.05) is 19.1 Å². The Morgan fingerprint density at radius 1 is 1.30 bits per heavy atom. The van der Waals surface area contributed by atoms with Gasteiger partial charge in [0.25, 0.3) is 0 Å². The van der Waals surface area contributed by atoms with Crippen LogP contribution in [0.25, 0.3) is 0 Å². The Morgan fingerprint density at radius 3 is 2.40 bits per heavy atom. The summed E-state index contributed by atoms with van der Waals surface area (Å²) in [6.45, 7) is 6.16. The third kappa shape index (κ3) is 5.70. The minimum atomic E-state index is -0.269. The van der Waals surface area contributed by atoms with E-state index in [1.54, 1.807) is 12.1 Å². The summed E-state index contributed by atoms with van der Waals surface area (Å²) in [6.07, 6.45) is 1.50. The van der Waals surface area contributed by atoms with Crippen molar-refractivity contribution in [2.75, 3.05) is 6.61 Å². The first-order chi connectivity index (χ1) is 9.32. The molecule has 0 aliphatic heterocycles. The molecule has 3 nitrogen and oxygen atoms in total. The third-order valence-electron chi connectivity index (χ3n) is 3.35. The van der Waals surface area contributed by atoms with Crippen LogP contribution in [0.2, 0.25) is 0 Å². The fraction of sp³-hybridized carbons (Fsp3) is 0.562. The molecule has 0 saturated heterocycles. The van der Waals surface area contributed by atoms with Crippen molar-refractivity contribution in [1.29, 1.82) is 0 Å². The summed E-state index contributed by atoms with van der Waals surface area (Å²) < 4.78 is 12.8. The van der Waals surface area contributed by atoms with E-state index in [2.05, 4.69) is 5.32 Å². The average molecular weight is 281 g/mol. The predicted octanol–water partition coefficient (Wildman–Crippen LogP) is 2.67. The summed E-state index contributed by atoms with van der Waals surface area (Å²) in [5.74, 6) is -0.309. The lowest BCUT2D eigenvalue weighted by Crippen LogP contribution is -2.44. The first-order valence-electron chi connectivity index (χ1n) is 6.97. The van der Waals surface area contributed by atoms with E-state index in [0.29, 0.717) is 19.3 Å². The number of amides is 1. The highest BCUT2D eigenvalue weighted by Crippen LogP contribution is 2.21. The van der Waals surface area contributed by atoms with Crippen molar-refractivity contribution in [3.63, 3.8) is 0 Å². The number of aryl methyl sites for hydroxylation is 1. The van der Waals surface area contributed by atoms with Gasteiger partial charge >= 0.3 is 0 Å². The largest absolute Gasteiger partial charge is 0.396 e. The Balaban J connectivity index is 2.47. The zero-order valence-corrected chi connectivity index (χ0v) is 12.4. The number of carbonyl (C=O) groups excluding carboxylic acids is 1. The molecule has 0 aliphatic rings. The van der Waals surface area contributed by atoms with Gasteiger partial charge in [0.1, 0.15) is 5.82 Å². The highest BCUT2D eigenvalue weighted by atomic mass is 19.1. The maximum atomic E-state index is 12.8. The number of aliphatic hydroxyl groups excluding tert-OH is 1. The Hall–Kier alpha value is -1.42. The molecule has 0 radical (unpaired) electrons. The SMILES string of the molecule is CC(C)(C)C(CCO)NC(=O)CCc1ccc(F)cc1. The Morgan fingerprint density at radius 2 is 1.90 bits per heavy atom. The van der Waals surface area contributed by atoms with E-state index in [9.17, 15) is 9.18 Å². The quantitative estimate of drug-likeness (QED) is 0.842. The molecule has 0 aliphatic carbocycles. The second-order valence-corrected chi connectivity index (χ2v) is 6.12. The van der Waals surface area contributed by atoms with Crippen LogP contribution in [0.3, 0.4) is 0 Å². The summed E-state index contributed by atoms with van der Waals surface area (Å²) in [5, 5.41) is 12.0. The number of aliphatic hydroxyl groups is 1. The summed E-state index contributed by atoms with van der Waals surface area (Å²) in [6, 6.07) is 6.14. The topological polar surface area (TPSA) is 49.3 Å². The van der Waals surface area contributed by atoms with Gasteiger partial charge in [-0.25, -0.2) is 4.39 Å². The van der Waals surface area contributed by atoms with Crippen molar-refractivity contribution in [3.05, 3.63) is 35.6 Å². The van der Waals surface area contributed by atoms with E-state index >= 15 is 0 Å². The lowest BCUT2D eigenvalue weighted by Gasteiger charge is -2.31. The molecule has 0 spiro atoms. The van der Waals surface area contributed by atoms with Crippen LogP contribution >= 0.6 is 0 Å². The summed E-state index contributed by atoms with van der Waals surface area (Å²) in [7, 11) is 0. The van der Waals surface area contributed by atoms with Crippen molar-refractivity contribution in [3.8, 4) is 0 Å². The van der Waals surface area contributed by atoms with Crippen LogP contribution in [0.5, 0.6) is 0 Å². The molecule has 1 atom stereocenters. The van der Waals surface area contributed by atoms with Gasteiger partial charge < -0.3 is 10.4 Å². The molecule has 0 saturated carbocycles. The van der Waals surface area contributed by atoms with Gasteiger partial charge in [-0.2, -0.15) is 0 Å². The van der Waals surface area contributed by atoms with Crippen LogP contribution in [0.4, 0.5) is 4.39 Å². The van der Waals surface area contributed by atoms with Crippen molar-refractivity contribution in [1.82, 2.24) is 5.32 Å². The van der Waals surface area contributed by atoms with Crippen LogP contribution in [0.1, 0.15) is 39.2 Å². The smallest absolute Gasteiger partial charge is 0.220 e. The van der Waals surface area contributed by atoms with Gasteiger partial charge in [-0.3, -0.25) is 4.79 Å². The summed E-state index contributed by atoms with van der Waals surface area (Å²) in [4.78, 5) is 11.9. The number of hydrogen-bond donors (Lipinski definition) is 2. The standard InChI is InChI=1S/C16H24FNO2/c1-16(2,3)14(10-11-19)18-15(20)9-6-12-4-7-13(17)8-5-12/h4-5,7-8,14,19H,6,9-11H2,1-3H3,(H,18,20). The van der Waals surface area contributed by atoms with Gasteiger partial charge in [0.15, 0.2) is 0 Å². The molecule has 20 heavy (non-hydrogen) atoms. The Kier molecular flexibility index (Phi) is 6.14. The molecule has 112 valence electrons. The van der Waals surface area contributed by atoms with Crippen molar-refractivity contribution in [2.45, 2.75) is 46.1 Å². The summed E-state index contributed by atoms with van der Waals surface area (Å²) in [5.41, 5.74) is 0.852. The van der Waals surface area contributed by atoms with Gasteiger partial charge in [-0.05, 0) is 36.0 Å². The number of nitrogens with one attached hydrogen (secondary N) is 1. The van der Waals surface area contributed by atoms with Gasteiger partial charge in [-0.1, -0.05) is 32.9 Å². The molecule has 1 unspecified atom stereocenters. The van der Waals surface area contributed by atoms with Gasteiger partial charge in [0.05, 0.1) is 0 Å². The van der Waals surface area contributed by atoms with E-state index in [-0.39, 0.29) is 29.8 Å². The molecule has 0 heterocycles. The molecule has 4 heteroatoms. The number of rotatable bonds is 6. The molecule has 0 fully saturated rings. The summed E-state index contributed by atoms with van der Waals surface area (Å²) >= 11 is 0. The van der Waals surface area contributed by atoms with Crippen LogP contribution < -0.4 is 5.32 Å². The van der Waals surface area contributed by atoms with Crippen LogP contribution in [0, 0.1) is 11.2 Å². The Labute approximate surface area is 120 Å². The maximum absolute atomic E-state index is 12.8. The zero-order chi connectivity index (χ0) is 15.2. The normalized spacial score (nSPS) is 13.1. The van der Waals surface area contributed by atoms with E-state index in [1.165, 1.54) is 12.1 Å². The first kappa shape index (κ1) is 16.6. The monoisotopic (exact) mass is 281 g/mol. The average Bonchev–Trinajstić information content (AvgIpc) is 2.36. The predicted molar refractivity (Wildman–Crippen MR) is 77.8 cm³/mol. The van der Waals surface area contributed by atoms with Crippen molar-refractivity contribution >= 4 is 5.91 Å². The molecule has 0 aromatic heterocycles. The van der Waals surface area contributed by atoms with Gasteiger partial charge in [0.2, 0.25) is 5.91 Å². The number of carbonyl (C=O) groups is 1. The molecule has 1 aromatic carbocycles. The minimum Gasteiger partial charge on any atom is -0.396 e. The van der Waals surface area contributed by atoms with E-state index in [1.807, 2.05) is 20.8 Å². The van der Waals surface area contributed by atoms with Crippen molar-refractivity contribution in [2.24, 2.45) is 5.41 Å². The van der Waals surface area contributed by atoms with Crippen LogP contribution in [0.15, 0.2) is 24.3 Å². The second kappa shape index (κ2) is 7.39. The first-order valence-corrected chi connectivity index (χ1v) is 6.97. The van der Waals surface area contributed by atoms with Crippen LogP contribution in [-0.2, 0) is 11.2 Å². The van der Waals surface area contributed by atoms with Crippen LogP contribution in [-0.4, -0.2) is 23.7 Å². The highest BCUT2D eigenvalue weighted by Gasteiger charge is 2.25. The Bertz CT molecular complexity index is 423. The maximum Gasteiger partial charge on any atom is 0.220 e. The van der Waals surface area contributed by atoms with E-state index < -0.39 is 0 Å². The molecular formula is C16H24FNO2. The van der Waals surface area contributed by atoms with E-state index in [0.717, 1.165) is 5.56 Å². The third-order valence-corrected chi connectivity index (χ3v) is 3.35. The molecular weight excluding hydrogens is 257 g/mol. The molecule has 0 bridgehead atoms. The molecule has 1 rings (SSSR count). The number of benzene rings is 1. The second-order valence-electron chi connectivity index (χ2n) is 6.12.